The highest BCUT2D eigenvalue weighted by molar-refractivity contribution is 5.81. The van der Waals surface area contributed by atoms with Crippen molar-refractivity contribution in [2.45, 2.75) is 57.6 Å². The highest BCUT2D eigenvalue weighted by atomic mass is 16.5. The Bertz CT molecular complexity index is 259. The summed E-state index contributed by atoms with van der Waals surface area (Å²) in [5.74, 6) is 0.210. The smallest absolute Gasteiger partial charge is 0.251 e. The maximum atomic E-state index is 12.4. The molecule has 0 spiro atoms. The number of ether oxygens (including phenoxy) is 1. The molecule has 0 aliphatic carbocycles. The number of carbonyl (C=O) groups excluding carboxylic acids is 1. The molecule has 1 amide bonds. The Balaban J connectivity index is 1.87. The number of hydrogen-bond donors (Lipinski definition) is 1. The Labute approximate surface area is 110 Å². The first kappa shape index (κ1) is 13.8. The topological polar surface area (TPSA) is 41.6 Å². The van der Waals surface area contributed by atoms with Crippen LogP contribution >= 0.6 is 0 Å². The van der Waals surface area contributed by atoms with Gasteiger partial charge in [-0.1, -0.05) is 13.3 Å². The third kappa shape index (κ3) is 3.69. The van der Waals surface area contributed by atoms with Crippen LogP contribution in [0.15, 0.2) is 0 Å². The summed E-state index contributed by atoms with van der Waals surface area (Å²) in [6, 6.07) is 0.482. The van der Waals surface area contributed by atoms with E-state index in [1.54, 1.807) is 0 Å². The fourth-order valence-electron chi connectivity index (χ4n) is 2.88. The summed E-state index contributed by atoms with van der Waals surface area (Å²) < 4.78 is 5.52. The molecule has 0 aromatic carbocycles. The molecule has 2 aliphatic heterocycles. The Kier molecular flexibility index (Phi) is 5.45. The van der Waals surface area contributed by atoms with Crippen LogP contribution in [0.1, 0.15) is 45.4 Å². The SMILES string of the molecule is CCCN(CC1CCCCN1)C(=O)[C@@H]1CCCO1. The lowest BCUT2D eigenvalue weighted by atomic mass is 10.0. The van der Waals surface area contributed by atoms with Gasteiger partial charge in [-0.15, -0.1) is 0 Å². The van der Waals surface area contributed by atoms with Crippen molar-refractivity contribution in [3.05, 3.63) is 0 Å². The van der Waals surface area contributed by atoms with Crippen molar-refractivity contribution in [1.29, 1.82) is 0 Å². The molecule has 0 aromatic rings. The molecule has 2 atom stereocenters. The van der Waals surface area contributed by atoms with E-state index in [9.17, 15) is 4.79 Å². The molecular formula is C14H26N2O2. The summed E-state index contributed by atoms with van der Waals surface area (Å²) in [5, 5.41) is 3.52. The molecule has 4 heteroatoms. The van der Waals surface area contributed by atoms with Gasteiger partial charge in [0.05, 0.1) is 0 Å². The molecular weight excluding hydrogens is 228 g/mol. The predicted octanol–water partition coefficient (Wildman–Crippen LogP) is 1.55. The quantitative estimate of drug-likeness (QED) is 0.809. The summed E-state index contributed by atoms with van der Waals surface area (Å²) in [6.07, 6.45) is 6.52. The second kappa shape index (κ2) is 7.10. The van der Waals surface area contributed by atoms with Crippen molar-refractivity contribution in [2.75, 3.05) is 26.2 Å². The van der Waals surface area contributed by atoms with Crippen molar-refractivity contribution in [3.63, 3.8) is 0 Å². The van der Waals surface area contributed by atoms with Crippen LogP contribution in [-0.4, -0.2) is 49.2 Å². The van der Waals surface area contributed by atoms with Gasteiger partial charge in [-0.05, 0) is 38.6 Å². The Morgan fingerprint density at radius 2 is 2.22 bits per heavy atom. The van der Waals surface area contributed by atoms with Crippen LogP contribution in [0, 0.1) is 0 Å². The van der Waals surface area contributed by atoms with Gasteiger partial charge in [0, 0.05) is 25.7 Å². The first-order chi connectivity index (χ1) is 8.81. The maximum absolute atomic E-state index is 12.4. The zero-order chi connectivity index (χ0) is 12.8. The molecule has 2 heterocycles. The molecule has 1 unspecified atom stereocenters. The van der Waals surface area contributed by atoms with Crippen molar-refractivity contribution in [2.24, 2.45) is 0 Å². The molecule has 104 valence electrons. The van der Waals surface area contributed by atoms with Gasteiger partial charge in [0.25, 0.3) is 5.91 Å². The van der Waals surface area contributed by atoms with Crippen LogP contribution in [-0.2, 0) is 9.53 Å². The zero-order valence-electron chi connectivity index (χ0n) is 11.5. The minimum Gasteiger partial charge on any atom is -0.368 e. The third-order valence-corrected chi connectivity index (χ3v) is 3.86. The van der Waals surface area contributed by atoms with Gasteiger partial charge in [0.2, 0.25) is 0 Å². The van der Waals surface area contributed by atoms with E-state index in [0.717, 1.165) is 45.5 Å². The Morgan fingerprint density at radius 3 is 2.83 bits per heavy atom. The van der Waals surface area contributed by atoms with E-state index in [2.05, 4.69) is 12.2 Å². The molecule has 4 nitrogen and oxygen atoms in total. The molecule has 0 bridgehead atoms. The molecule has 0 saturated carbocycles. The van der Waals surface area contributed by atoms with E-state index in [-0.39, 0.29) is 12.0 Å². The predicted molar refractivity (Wildman–Crippen MR) is 71.5 cm³/mol. The fourth-order valence-corrected chi connectivity index (χ4v) is 2.88. The zero-order valence-corrected chi connectivity index (χ0v) is 11.5. The first-order valence-electron chi connectivity index (χ1n) is 7.45. The minimum atomic E-state index is -0.167. The summed E-state index contributed by atoms with van der Waals surface area (Å²) in [7, 11) is 0. The number of piperidine rings is 1. The summed E-state index contributed by atoms with van der Waals surface area (Å²) in [5.41, 5.74) is 0. The minimum absolute atomic E-state index is 0.167. The molecule has 2 rings (SSSR count). The molecule has 0 radical (unpaired) electrons. The Hall–Kier alpha value is -0.610. The highest BCUT2D eigenvalue weighted by Gasteiger charge is 2.29. The normalized spacial score (nSPS) is 28.3. The lowest BCUT2D eigenvalue weighted by Crippen LogP contribution is -2.48. The van der Waals surface area contributed by atoms with E-state index >= 15 is 0 Å². The number of rotatable bonds is 5. The van der Waals surface area contributed by atoms with Crippen molar-refractivity contribution in [3.8, 4) is 0 Å². The fraction of sp³-hybridized carbons (Fsp3) is 0.929. The van der Waals surface area contributed by atoms with E-state index in [4.69, 9.17) is 4.74 Å². The van der Waals surface area contributed by atoms with Crippen molar-refractivity contribution >= 4 is 5.91 Å². The average Bonchev–Trinajstić information content (AvgIpc) is 2.92. The number of hydrogen-bond acceptors (Lipinski definition) is 3. The highest BCUT2D eigenvalue weighted by Crippen LogP contribution is 2.16. The van der Waals surface area contributed by atoms with Crippen LogP contribution in [0.4, 0.5) is 0 Å². The van der Waals surface area contributed by atoms with Crippen LogP contribution in [0.5, 0.6) is 0 Å². The van der Waals surface area contributed by atoms with Crippen LogP contribution in [0.3, 0.4) is 0 Å². The van der Waals surface area contributed by atoms with Gasteiger partial charge < -0.3 is 15.0 Å². The monoisotopic (exact) mass is 254 g/mol. The summed E-state index contributed by atoms with van der Waals surface area (Å²) in [4.78, 5) is 14.4. The molecule has 18 heavy (non-hydrogen) atoms. The van der Waals surface area contributed by atoms with Gasteiger partial charge in [-0.25, -0.2) is 0 Å². The largest absolute Gasteiger partial charge is 0.368 e. The molecule has 2 fully saturated rings. The van der Waals surface area contributed by atoms with Gasteiger partial charge in [-0.3, -0.25) is 4.79 Å². The van der Waals surface area contributed by atoms with E-state index in [1.807, 2.05) is 4.90 Å². The summed E-state index contributed by atoms with van der Waals surface area (Å²) >= 11 is 0. The second-order valence-corrected chi connectivity index (χ2v) is 5.43. The van der Waals surface area contributed by atoms with Gasteiger partial charge in [0.1, 0.15) is 6.10 Å². The molecule has 0 aromatic heterocycles. The molecule has 1 N–H and O–H groups in total. The van der Waals surface area contributed by atoms with E-state index in [1.165, 1.54) is 19.3 Å². The second-order valence-electron chi connectivity index (χ2n) is 5.43. The number of nitrogens with zero attached hydrogens (tertiary/aromatic N) is 1. The first-order valence-corrected chi connectivity index (χ1v) is 7.45. The average molecular weight is 254 g/mol. The third-order valence-electron chi connectivity index (χ3n) is 3.86. The van der Waals surface area contributed by atoms with Crippen molar-refractivity contribution in [1.82, 2.24) is 10.2 Å². The molecule has 2 saturated heterocycles. The van der Waals surface area contributed by atoms with E-state index in [0.29, 0.717) is 6.04 Å². The van der Waals surface area contributed by atoms with Crippen LogP contribution < -0.4 is 5.32 Å². The standard InChI is InChI=1S/C14H26N2O2/c1-2-9-16(11-12-6-3-4-8-15-12)14(17)13-7-5-10-18-13/h12-13,15H,2-11H2,1H3/t12?,13-/m0/s1. The number of carbonyl (C=O) groups is 1. The number of nitrogens with one attached hydrogen (secondary N) is 1. The summed E-state index contributed by atoms with van der Waals surface area (Å²) in [6.45, 7) is 5.68. The van der Waals surface area contributed by atoms with Crippen LogP contribution in [0.25, 0.3) is 0 Å². The lowest BCUT2D eigenvalue weighted by molar-refractivity contribution is -0.141. The van der Waals surface area contributed by atoms with Crippen molar-refractivity contribution < 1.29 is 9.53 Å². The molecule has 2 aliphatic rings. The maximum Gasteiger partial charge on any atom is 0.251 e. The number of amides is 1. The Morgan fingerprint density at radius 1 is 1.33 bits per heavy atom. The van der Waals surface area contributed by atoms with Crippen LogP contribution in [0.2, 0.25) is 0 Å². The van der Waals surface area contributed by atoms with Gasteiger partial charge in [-0.2, -0.15) is 0 Å². The van der Waals surface area contributed by atoms with Gasteiger partial charge in [0.15, 0.2) is 0 Å². The lowest BCUT2D eigenvalue weighted by Gasteiger charge is -2.31. The van der Waals surface area contributed by atoms with E-state index < -0.39 is 0 Å². The van der Waals surface area contributed by atoms with Gasteiger partial charge >= 0.3 is 0 Å².